The van der Waals surface area contributed by atoms with Crippen molar-refractivity contribution in [3.8, 4) is 0 Å². The summed E-state index contributed by atoms with van der Waals surface area (Å²) in [4.78, 5) is 4.24. The van der Waals surface area contributed by atoms with Crippen LogP contribution in [0, 0.1) is 0 Å². The summed E-state index contributed by atoms with van der Waals surface area (Å²) in [7, 11) is 0. The van der Waals surface area contributed by atoms with E-state index in [1.807, 2.05) is 36.9 Å². The maximum Gasteiger partial charge on any atom is 0.271 e. The van der Waals surface area contributed by atoms with Crippen LogP contribution < -0.4 is 0 Å². The summed E-state index contributed by atoms with van der Waals surface area (Å²) in [6, 6.07) is 4.74. The summed E-state index contributed by atoms with van der Waals surface area (Å²) in [6.45, 7) is 8.07. The quantitative estimate of drug-likeness (QED) is 0.732. The molecule has 4 rings (SSSR count). The Morgan fingerprint density at radius 3 is 2.58 bits per heavy atom. The van der Waals surface area contributed by atoms with E-state index in [0.717, 1.165) is 35.2 Å². The Balaban J connectivity index is 1.39. The molecule has 0 spiro atoms. The Morgan fingerprint density at radius 1 is 1.19 bits per heavy atom. The lowest BCUT2D eigenvalue weighted by molar-refractivity contribution is -0.141. The molecule has 2 fully saturated rings. The Kier molecular flexibility index (Phi) is 4.89. The first-order valence-electron chi connectivity index (χ1n) is 9.18. The molecule has 0 saturated carbocycles. The normalized spacial score (nSPS) is 31.3. The van der Waals surface area contributed by atoms with Crippen LogP contribution >= 0.6 is 15.9 Å². The highest BCUT2D eigenvalue weighted by atomic mass is 79.9. The van der Waals surface area contributed by atoms with Crippen molar-refractivity contribution in [2.24, 2.45) is 0 Å². The largest absolute Gasteiger partial charge is 0.348 e. The molecule has 26 heavy (non-hydrogen) atoms. The number of ether oxygens (including phenoxy) is 2. The van der Waals surface area contributed by atoms with Crippen molar-refractivity contribution >= 4 is 15.9 Å². The van der Waals surface area contributed by atoms with E-state index in [0.29, 0.717) is 19.7 Å². The lowest BCUT2D eigenvalue weighted by Gasteiger charge is -2.40. The van der Waals surface area contributed by atoms with Gasteiger partial charge in [0.05, 0.1) is 18.8 Å². The zero-order chi connectivity index (χ0) is 18.5. The molecule has 1 aromatic rings. The highest BCUT2D eigenvalue weighted by Gasteiger charge is 2.50. The van der Waals surface area contributed by atoms with Crippen molar-refractivity contribution < 1.29 is 18.3 Å². The number of halogens is 3. The monoisotopic (exact) mass is 430 g/mol. The second-order valence-electron chi connectivity index (χ2n) is 7.97. The van der Waals surface area contributed by atoms with E-state index in [-0.39, 0.29) is 12.5 Å². The third kappa shape index (κ3) is 3.69. The molecule has 3 aliphatic rings. The number of hydrogen-bond donors (Lipinski definition) is 0. The summed E-state index contributed by atoms with van der Waals surface area (Å²) in [6.07, 6.45) is -0.114. The van der Waals surface area contributed by atoms with Gasteiger partial charge in [0.25, 0.3) is 5.92 Å². The molecule has 2 saturated heterocycles. The van der Waals surface area contributed by atoms with Crippen molar-refractivity contribution in [1.82, 2.24) is 9.80 Å². The van der Waals surface area contributed by atoms with Crippen molar-refractivity contribution in [2.75, 3.05) is 39.3 Å². The van der Waals surface area contributed by atoms with Crippen LogP contribution in [0.15, 0.2) is 22.7 Å². The Bertz CT molecular complexity index is 678. The SMILES string of the molecule is CC1(C)OCC(CN2CCN(C3c4ccc(Br)cc4CC3(F)F)CC2)O1. The van der Waals surface area contributed by atoms with Gasteiger partial charge < -0.3 is 9.47 Å². The lowest BCUT2D eigenvalue weighted by Crippen LogP contribution is -2.52. The molecule has 2 atom stereocenters. The predicted octanol–water partition coefficient (Wildman–Crippen LogP) is 3.45. The third-order valence-corrected chi connectivity index (χ3v) is 6.02. The van der Waals surface area contributed by atoms with Gasteiger partial charge in [0.1, 0.15) is 0 Å². The first-order chi connectivity index (χ1) is 12.2. The maximum absolute atomic E-state index is 14.7. The van der Waals surface area contributed by atoms with Gasteiger partial charge >= 0.3 is 0 Å². The van der Waals surface area contributed by atoms with E-state index in [2.05, 4.69) is 20.8 Å². The molecular formula is C19H25BrF2N2O2. The summed E-state index contributed by atoms with van der Waals surface area (Å²) in [5.74, 6) is -3.23. The predicted molar refractivity (Wildman–Crippen MR) is 98.5 cm³/mol. The van der Waals surface area contributed by atoms with Gasteiger partial charge in [-0.3, -0.25) is 9.80 Å². The molecule has 0 N–H and O–H groups in total. The number of fused-ring (bicyclic) bond motifs is 1. The molecule has 0 aromatic heterocycles. The molecular weight excluding hydrogens is 406 g/mol. The first-order valence-corrected chi connectivity index (χ1v) is 9.97. The van der Waals surface area contributed by atoms with Crippen LogP contribution in [0.4, 0.5) is 8.78 Å². The van der Waals surface area contributed by atoms with Gasteiger partial charge in [-0.2, -0.15) is 0 Å². The fraction of sp³-hybridized carbons (Fsp3) is 0.684. The van der Waals surface area contributed by atoms with Gasteiger partial charge in [-0.15, -0.1) is 0 Å². The van der Waals surface area contributed by atoms with Gasteiger partial charge in [-0.25, -0.2) is 8.78 Å². The number of hydrogen-bond acceptors (Lipinski definition) is 4. The molecule has 1 aromatic carbocycles. The van der Waals surface area contributed by atoms with Crippen LogP contribution in [0.3, 0.4) is 0 Å². The van der Waals surface area contributed by atoms with Crippen molar-refractivity contribution in [3.63, 3.8) is 0 Å². The van der Waals surface area contributed by atoms with Crippen molar-refractivity contribution in [3.05, 3.63) is 33.8 Å². The number of benzene rings is 1. The van der Waals surface area contributed by atoms with Gasteiger partial charge in [-0.05, 0) is 37.1 Å². The molecule has 4 nitrogen and oxygen atoms in total. The topological polar surface area (TPSA) is 24.9 Å². The molecule has 0 radical (unpaired) electrons. The number of nitrogens with zero attached hydrogens (tertiary/aromatic N) is 2. The van der Waals surface area contributed by atoms with E-state index in [9.17, 15) is 8.78 Å². The summed E-state index contributed by atoms with van der Waals surface area (Å²) < 4.78 is 41.8. The first kappa shape index (κ1) is 18.7. The van der Waals surface area contributed by atoms with Gasteiger partial charge in [-0.1, -0.05) is 22.0 Å². The maximum atomic E-state index is 14.7. The Labute approximate surface area is 161 Å². The molecule has 2 unspecified atom stereocenters. The van der Waals surface area contributed by atoms with Crippen LogP contribution in [0.1, 0.15) is 31.0 Å². The van der Waals surface area contributed by atoms with Crippen molar-refractivity contribution in [1.29, 1.82) is 0 Å². The minimum atomic E-state index is -2.71. The van der Waals surface area contributed by atoms with Crippen molar-refractivity contribution in [2.45, 2.75) is 44.1 Å². The third-order valence-electron chi connectivity index (χ3n) is 5.53. The molecule has 0 amide bonds. The number of rotatable bonds is 3. The molecule has 2 aliphatic heterocycles. The van der Waals surface area contributed by atoms with Gasteiger partial charge in [0, 0.05) is 43.6 Å². The number of piperazine rings is 1. The second-order valence-corrected chi connectivity index (χ2v) is 8.89. The zero-order valence-electron chi connectivity index (χ0n) is 15.2. The summed E-state index contributed by atoms with van der Waals surface area (Å²) >= 11 is 3.39. The van der Waals surface area contributed by atoms with Gasteiger partial charge in [0.15, 0.2) is 5.79 Å². The fourth-order valence-electron chi connectivity index (χ4n) is 4.38. The minimum absolute atomic E-state index is 0.0579. The molecule has 1 aliphatic carbocycles. The van der Waals surface area contributed by atoms with Crippen LogP contribution in [0.5, 0.6) is 0 Å². The van der Waals surface area contributed by atoms with E-state index in [1.165, 1.54) is 0 Å². The van der Waals surface area contributed by atoms with E-state index in [1.54, 1.807) is 0 Å². The van der Waals surface area contributed by atoms with Crippen LogP contribution in [0.2, 0.25) is 0 Å². The summed E-state index contributed by atoms with van der Waals surface area (Å²) in [5.41, 5.74) is 1.54. The average Bonchev–Trinajstić information content (AvgIpc) is 3.02. The van der Waals surface area contributed by atoms with Crippen LogP contribution in [0.25, 0.3) is 0 Å². The standard InChI is InChI=1S/C19H25BrF2N2O2/c1-18(2)25-12-15(26-18)11-23-5-7-24(8-6-23)17-16-4-3-14(20)9-13(16)10-19(17,21)22/h3-4,9,15,17H,5-8,10-12H2,1-2H3. The highest BCUT2D eigenvalue weighted by molar-refractivity contribution is 9.10. The molecule has 144 valence electrons. The Morgan fingerprint density at radius 2 is 1.92 bits per heavy atom. The molecule has 7 heteroatoms. The second kappa shape index (κ2) is 6.78. The van der Waals surface area contributed by atoms with E-state index >= 15 is 0 Å². The average molecular weight is 431 g/mol. The Hall–Kier alpha value is -0.600. The van der Waals surface area contributed by atoms with Crippen LogP contribution in [-0.2, 0) is 15.9 Å². The zero-order valence-corrected chi connectivity index (χ0v) is 16.8. The van der Waals surface area contributed by atoms with E-state index < -0.39 is 17.8 Å². The van der Waals surface area contributed by atoms with Crippen LogP contribution in [-0.4, -0.2) is 66.9 Å². The number of alkyl halides is 2. The lowest BCUT2D eigenvalue weighted by atomic mass is 10.0. The van der Waals surface area contributed by atoms with Gasteiger partial charge in [0.2, 0.25) is 0 Å². The smallest absolute Gasteiger partial charge is 0.271 e. The summed E-state index contributed by atoms with van der Waals surface area (Å²) in [5, 5.41) is 0. The molecule has 2 heterocycles. The fourth-order valence-corrected chi connectivity index (χ4v) is 4.79. The minimum Gasteiger partial charge on any atom is -0.348 e. The highest BCUT2D eigenvalue weighted by Crippen LogP contribution is 2.47. The molecule has 0 bridgehead atoms. The van der Waals surface area contributed by atoms with E-state index in [4.69, 9.17) is 9.47 Å².